The fourth-order valence-corrected chi connectivity index (χ4v) is 1.21. The van der Waals surface area contributed by atoms with Crippen LogP contribution in [0.4, 0.5) is 0 Å². The average Bonchev–Trinajstić information content (AvgIpc) is 2.55. The molecular weight excluding hydrogens is 148 g/mol. The molecule has 2 unspecified atom stereocenters. The molecule has 0 spiro atoms. The lowest BCUT2D eigenvalue weighted by Crippen LogP contribution is -2.28. The van der Waals surface area contributed by atoms with Crippen LogP contribution in [0.25, 0.3) is 0 Å². The minimum atomic E-state index is -0.313. The zero-order valence-electron chi connectivity index (χ0n) is 6.49. The predicted molar refractivity (Wildman–Crippen MR) is 36.0 cm³/mol. The maximum Gasteiger partial charge on any atom is 0.209 e. The molecule has 0 aromatic heterocycles. The molecule has 0 aromatic rings. The summed E-state index contributed by atoms with van der Waals surface area (Å²) in [5.74, 6) is 0. The fourth-order valence-electron chi connectivity index (χ4n) is 1.21. The lowest BCUT2D eigenvalue weighted by Gasteiger charge is -2.15. The largest absolute Gasteiger partial charge is 0.346 e. The Labute approximate surface area is 65.4 Å². The number of hydrogen-bond donors (Lipinski definition) is 0. The van der Waals surface area contributed by atoms with Crippen molar-refractivity contribution in [2.45, 2.75) is 25.6 Å². The second-order valence-electron chi connectivity index (χ2n) is 2.76. The van der Waals surface area contributed by atoms with Crippen molar-refractivity contribution in [3.05, 3.63) is 0 Å². The lowest BCUT2D eigenvalue weighted by atomic mass is 10.5. The zero-order valence-corrected chi connectivity index (χ0v) is 6.49. The number of ether oxygens (including phenoxy) is 4. The monoisotopic (exact) mass is 160 g/mol. The van der Waals surface area contributed by atoms with Gasteiger partial charge in [-0.2, -0.15) is 0 Å². The minimum absolute atomic E-state index is 0.160. The normalized spacial score (nSPS) is 40.1. The quantitative estimate of drug-likeness (QED) is 0.546. The van der Waals surface area contributed by atoms with Gasteiger partial charge in [0.2, 0.25) is 12.6 Å². The standard InChI is InChI=1S/C7H12O4/c1-5-4-10-7(11-5)6-8-2-3-9-6/h5-7H,2-4H2,1H3. The first-order chi connectivity index (χ1) is 5.36. The maximum atomic E-state index is 5.37. The van der Waals surface area contributed by atoms with E-state index in [1.807, 2.05) is 6.92 Å². The van der Waals surface area contributed by atoms with E-state index < -0.39 is 0 Å². The van der Waals surface area contributed by atoms with Crippen LogP contribution in [0.1, 0.15) is 6.92 Å². The Hall–Kier alpha value is -0.160. The minimum Gasteiger partial charge on any atom is -0.346 e. The van der Waals surface area contributed by atoms with Gasteiger partial charge in [0.15, 0.2) is 0 Å². The highest BCUT2D eigenvalue weighted by atomic mass is 16.8. The summed E-state index contributed by atoms with van der Waals surface area (Å²) in [5, 5.41) is 0. The second kappa shape index (κ2) is 3.06. The third kappa shape index (κ3) is 1.54. The van der Waals surface area contributed by atoms with Crippen LogP contribution in [0.15, 0.2) is 0 Å². The molecule has 2 heterocycles. The van der Waals surface area contributed by atoms with Crippen LogP contribution in [0.2, 0.25) is 0 Å². The van der Waals surface area contributed by atoms with Gasteiger partial charge in [0.25, 0.3) is 0 Å². The summed E-state index contributed by atoms with van der Waals surface area (Å²) >= 11 is 0. The highest BCUT2D eigenvalue weighted by molar-refractivity contribution is 4.65. The van der Waals surface area contributed by atoms with Crippen LogP contribution in [-0.4, -0.2) is 38.5 Å². The molecule has 0 aliphatic carbocycles. The van der Waals surface area contributed by atoms with Crippen LogP contribution < -0.4 is 0 Å². The highest BCUT2D eigenvalue weighted by Gasteiger charge is 2.34. The topological polar surface area (TPSA) is 36.9 Å². The van der Waals surface area contributed by atoms with E-state index in [-0.39, 0.29) is 18.7 Å². The van der Waals surface area contributed by atoms with Gasteiger partial charge in [-0.25, -0.2) is 0 Å². The highest BCUT2D eigenvalue weighted by Crippen LogP contribution is 2.19. The fraction of sp³-hybridized carbons (Fsp3) is 1.00. The molecule has 0 amide bonds. The molecule has 2 saturated heterocycles. The molecule has 2 rings (SSSR count). The Kier molecular flexibility index (Phi) is 2.09. The van der Waals surface area contributed by atoms with Crippen LogP contribution in [0, 0.1) is 0 Å². The Morgan fingerprint density at radius 1 is 1.00 bits per heavy atom. The van der Waals surface area contributed by atoms with E-state index >= 15 is 0 Å². The van der Waals surface area contributed by atoms with Crippen LogP contribution in [-0.2, 0) is 18.9 Å². The van der Waals surface area contributed by atoms with Gasteiger partial charge in [-0.1, -0.05) is 0 Å². The summed E-state index contributed by atoms with van der Waals surface area (Å²) in [6.45, 7) is 3.88. The maximum absolute atomic E-state index is 5.37. The zero-order chi connectivity index (χ0) is 7.68. The third-order valence-electron chi connectivity index (χ3n) is 1.73. The Bertz CT molecular complexity index is 132. The van der Waals surface area contributed by atoms with E-state index in [1.54, 1.807) is 0 Å². The Morgan fingerprint density at radius 3 is 2.27 bits per heavy atom. The molecule has 2 atom stereocenters. The first kappa shape index (κ1) is 7.49. The SMILES string of the molecule is CC1COC(C2OCCO2)O1. The summed E-state index contributed by atoms with van der Waals surface area (Å²) in [5.41, 5.74) is 0. The van der Waals surface area contributed by atoms with Crippen molar-refractivity contribution in [2.24, 2.45) is 0 Å². The van der Waals surface area contributed by atoms with Gasteiger partial charge in [-0.3, -0.25) is 0 Å². The molecule has 0 aromatic carbocycles. The number of rotatable bonds is 1. The van der Waals surface area contributed by atoms with Crippen molar-refractivity contribution in [1.29, 1.82) is 0 Å². The van der Waals surface area contributed by atoms with E-state index in [9.17, 15) is 0 Å². The van der Waals surface area contributed by atoms with Gasteiger partial charge in [0.05, 0.1) is 25.9 Å². The summed E-state index contributed by atoms with van der Waals surface area (Å²) in [6, 6.07) is 0. The van der Waals surface area contributed by atoms with Crippen LogP contribution >= 0.6 is 0 Å². The molecule has 2 aliphatic rings. The van der Waals surface area contributed by atoms with Crippen molar-refractivity contribution in [2.75, 3.05) is 19.8 Å². The average molecular weight is 160 g/mol. The van der Waals surface area contributed by atoms with E-state index in [0.717, 1.165) is 0 Å². The van der Waals surface area contributed by atoms with Gasteiger partial charge in [0.1, 0.15) is 0 Å². The predicted octanol–water partition coefficient (Wildman–Crippen LogP) is 0.121. The molecule has 0 radical (unpaired) electrons. The van der Waals surface area contributed by atoms with Gasteiger partial charge >= 0.3 is 0 Å². The summed E-state index contributed by atoms with van der Waals surface area (Å²) in [4.78, 5) is 0. The molecule has 4 heteroatoms. The molecule has 11 heavy (non-hydrogen) atoms. The summed E-state index contributed by atoms with van der Waals surface area (Å²) < 4.78 is 21.1. The van der Waals surface area contributed by atoms with E-state index in [0.29, 0.717) is 19.8 Å². The van der Waals surface area contributed by atoms with Crippen LogP contribution in [0.3, 0.4) is 0 Å². The van der Waals surface area contributed by atoms with E-state index in [4.69, 9.17) is 18.9 Å². The molecule has 2 aliphatic heterocycles. The van der Waals surface area contributed by atoms with E-state index in [1.165, 1.54) is 0 Å². The first-order valence-electron chi connectivity index (χ1n) is 3.86. The molecule has 0 saturated carbocycles. The molecule has 2 fully saturated rings. The Balaban J connectivity index is 1.85. The Morgan fingerprint density at radius 2 is 1.73 bits per heavy atom. The van der Waals surface area contributed by atoms with Crippen molar-refractivity contribution in [3.8, 4) is 0 Å². The van der Waals surface area contributed by atoms with Gasteiger partial charge in [-0.15, -0.1) is 0 Å². The summed E-state index contributed by atoms with van der Waals surface area (Å²) in [6.07, 6.45) is -0.458. The lowest BCUT2D eigenvalue weighted by molar-refractivity contribution is -0.206. The van der Waals surface area contributed by atoms with Gasteiger partial charge < -0.3 is 18.9 Å². The molecule has 0 N–H and O–H groups in total. The molecule has 4 nitrogen and oxygen atoms in total. The third-order valence-corrected chi connectivity index (χ3v) is 1.73. The van der Waals surface area contributed by atoms with Crippen molar-refractivity contribution in [3.63, 3.8) is 0 Å². The van der Waals surface area contributed by atoms with Gasteiger partial charge in [-0.05, 0) is 6.92 Å². The smallest absolute Gasteiger partial charge is 0.209 e. The van der Waals surface area contributed by atoms with Crippen molar-refractivity contribution >= 4 is 0 Å². The molecule has 64 valence electrons. The molecule has 0 bridgehead atoms. The van der Waals surface area contributed by atoms with Crippen LogP contribution in [0.5, 0.6) is 0 Å². The van der Waals surface area contributed by atoms with E-state index in [2.05, 4.69) is 0 Å². The number of hydrogen-bond acceptors (Lipinski definition) is 4. The summed E-state index contributed by atoms with van der Waals surface area (Å²) in [7, 11) is 0. The second-order valence-corrected chi connectivity index (χ2v) is 2.76. The van der Waals surface area contributed by atoms with Crippen molar-refractivity contribution < 1.29 is 18.9 Å². The molecular formula is C7H12O4. The van der Waals surface area contributed by atoms with Crippen molar-refractivity contribution in [1.82, 2.24) is 0 Å². The van der Waals surface area contributed by atoms with Gasteiger partial charge in [0, 0.05) is 0 Å². The first-order valence-corrected chi connectivity index (χ1v) is 3.86.